The summed E-state index contributed by atoms with van der Waals surface area (Å²) < 4.78 is 6.76. The second-order valence-corrected chi connectivity index (χ2v) is 10.1. The average molecular weight is 438 g/mol. The zero-order chi connectivity index (χ0) is 22.0. The van der Waals surface area contributed by atoms with Crippen molar-refractivity contribution in [1.29, 1.82) is 0 Å². The maximum atomic E-state index is 13.7. The number of phenolic OH excluding ortho intramolecular Hbond substituents is 1. The zero-order valence-corrected chi connectivity index (χ0v) is 19.4. The normalized spacial score (nSPS) is 19.1. The highest BCUT2D eigenvalue weighted by molar-refractivity contribution is 7.19. The average Bonchev–Trinajstić information content (AvgIpc) is 3.12. The number of aromatic hydroxyl groups is 1. The molecule has 3 aromatic rings. The van der Waals surface area contributed by atoms with Crippen molar-refractivity contribution in [2.45, 2.75) is 38.5 Å². The van der Waals surface area contributed by atoms with Crippen LogP contribution in [0.5, 0.6) is 11.5 Å². The molecule has 2 unspecified atom stereocenters. The lowest BCUT2D eigenvalue weighted by Gasteiger charge is -2.26. The molecular formula is C26H31NO3S. The molecule has 2 aromatic carbocycles. The lowest BCUT2D eigenvalue weighted by Crippen LogP contribution is -2.19. The Bertz CT molecular complexity index is 1050. The summed E-state index contributed by atoms with van der Waals surface area (Å²) in [5.74, 6) is 2.18. The molecule has 1 aromatic heterocycles. The van der Waals surface area contributed by atoms with Gasteiger partial charge in [-0.15, -0.1) is 11.3 Å². The second-order valence-electron chi connectivity index (χ2n) is 9.00. The van der Waals surface area contributed by atoms with E-state index in [1.807, 2.05) is 44.4 Å². The fourth-order valence-electron chi connectivity index (χ4n) is 4.49. The van der Waals surface area contributed by atoms with Crippen molar-refractivity contribution in [3.8, 4) is 11.5 Å². The van der Waals surface area contributed by atoms with Crippen molar-refractivity contribution in [3.63, 3.8) is 0 Å². The van der Waals surface area contributed by atoms with Gasteiger partial charge in [0, 0.05) is 32.6 Å². The van der Waals surface area contributed by atoms with Crippen LogP contribution in [0.1, 0.15) is 59.3 Å². The number of hydrogen-bond acceptors (Lipinski definition) is 5. The standard InChI is InChI=1S/C26H31NO3S/c1-17-5-4-6-19(15-17)26-24(22-12-9-20(28)16-23(22)31-26)25(29)18-7-10-21(11-8-18)30-14-13-27(2)3/h7-12,16-17,19,28H,4-6,13-15H2,1-3H3. The summed E-state index contributed by atoms with van der Waals surface area (Å²) in [6, 6.07) is 12.9. The number of rotatable bonds is 7. The van der Waals surface area contributed by atoms with Crippen LogP contribution in [-0.4, -0.2) is 43.0 Å². The number of hydrogen-bond donors (Lipinski definition) is 1. The van der Waals surface area contributed by atoms with Gasteiger partial charge in [-0.05, 0) is 81.2 Å². The molecule has 1 fully saturated rings. The van der Waals surface area contributed by atoms with Gasteiger partial charge in [0.05, 0.1) is 0 Å². The van der Waals surface area contributed by atoms with Crippen LogP contribution < -0.4 is 4.74 Å². The molecule has 5 heteroatoms. The summed E-state index contributed by atoms with van der Waals surface area (Å²) in [6.07, 6.45) is 4.72. The Morgan fingerprint density at radius 1 is 1.16 bits per heavy atom. The van der Waals surface area contributed by atoms with Crippen LogP contribution in [0, 0.1) is 5.92 Å². The van der Waals surface area contributed by atoms with E-state index >= 15 is 0 Å². The Morgan fingerprint density at radius 3 is 2.65 bits per heavy atom. The quantitative estimate of drug-likeness (QED) is 0.456. The molecule has 1 heterocycles. The predicted octanol–water partition coefficient (Wildman–Crippen LogP) is 6.07. The fourth-order valence-corrected chi connectivity index (χ4v) is 5.87. The van der Waals surface area contributed by atoms with Gasteiger partial charge >= 0.3 is 0 Å². The third kappa shape index (κ3) is 4.94. The minimum absolute atomic E-state index is 0.0602. The molecule has 1 saturated carbocycles. The number of thiophene rings is 1. The van der Waals surface area contributed by atoms with Crippen molar-refractivity contribution in [3.05, 3.63) is 58.5 Å². The smallest absolute Gasteiger partial charge is 0.194 e. The van der Waals surface area contributed by atoms with Crippen molar-refractivity contribution in [2.75, 3.05) is 27.2 Å². The Balaban J connectivity index is 1.66. The Kier molecular flexibility index (Phi) is 6.63. The SMILES string of the molecule is CC1CCCC(c2sc3cc(O)ccc3c2C(=O)c2ccc(OCCN(C)C)cc2)C1. The van der Waals surface area contributed by atoms with Gasteiger partial charge in [0.15, 0.2) is 5.78 Å². The van der Waals surface area contributed by atoms with Gasteiger partial charge in [0.1, 0.15) is 18.1 Å². The minimum atomic E-state index is 0.0602. The summed E-state index contributed by atoms with van der Waals surface area (Å²) in [4.78, 5) is 16.9. The molecule has 164 valence electrons. The summed E-state index contributed by atoms with van der Waals surface area (Å²) in [5, 5.41) is 10.9. The maximum absolute atomic E-state index is 13.7. The molecule has 0 aliphatic heterocycles. The van der Waals surface area contributed by atoms with Crippen molar-refractivity contribution in [1.82, 2.24) is 4.90 Å². The number of nitrogens with zero attached hydrogens (tertiary/aromatic N) is 1. The monoisotopic (exact) mass is 437 g/mol. The number of carbonyl (C=O) groups is 1. The molecule has 1 aliphatic rings. The number of carbonyl (C=O) groups excluding carboxylic acids is 1. The van der Waals surface area contributed by atoms with E-state index in [1.54, 1.807) is 23.5 Å². The Morgan fingerprint density at radius 2 is 1.94 bits per heavy atom. The molecule has 4 nitrogen and oxygen atoms in total. The predicted molar refractivity (Wildman–Crippen MR) is 128 cm³/mol. The van der Waals surface area contributed by atoms with E-state index < -0.39 is 0 Å². The first-order chi connectivity index (χ1) is 14.9. The van der Waals surface area contributed by atoms with Gasteiger partial charge in [-0.3, -0.25) is 4.79 Å². The van der Waals surface area contributed by atoms with Crippen LogP contribution in [0.2, 0.25) is 0 Å². The second kappa shape index (κ2) is 9.41. The number of likely N-dealkylation sites (N-methyl/N-ethyl adjacent to an activating group) is 1. The topological polar surface area (TPSA) is 49.8 Å². The van der Waals surface area contributed by atoms with Gasteiger partial charge in [-0.25, -0.2) is 0 Å². The number of fused-ring (bicyclic) bond motifs is 1. The van der Waals surface area contributed by atoms with E-state index in [2.05, 4.69) is 11.8 Å². The summed E-state index contributed by atoms with van der Waals surface area (Å²) in [5.41, 5.74) is 1.50. The first-order valence-corrected chi connectivity index (χ1v) is 11.9. The van der Waals surface area contributed by atoms with E-state index in [-0.39, 0.29) is 11.5 Å². The highest BCUT2D eigenvalue weighted by atomic mass is 32.1. The van der Waals surface area contributed by atoms with E-state index in [0.29, 0.717) is 24.0 Å². The molecular weight excluding hydrogens is 406 g/mol. The van der Waals surface area contributed by atoms with Crippen LogP contribution >= 0.6 is 11.3 Å². The van der Waals surface area contributed by atoms with Gasteiger partial charge in [-0.2, -0.15) is 0 Å². The number of ketones is 1. The molecule has 31 heavy (non-hydrogen) atoms. The molecule has 1 N–H and O–H groups in total. The van der Waals surface area contributed by atoms with Gasteiger partial charge in [0.25, 0.3) is 0 Å². The molecule has 0 spiro atoms. The van der Waals surface area contributed by atoms with E-state index in [0.717, 1.165) is 40.8 Å². The van der Waals surface area contributed by atoms with E-state index in [1.165, 1.54) is 17.7 Å². The van der Waals surface area contributed by atoms with Crippen molar-refractivity contribution >= 4 is 27.2 Å². The number of ether oxygens (including phenoxy) is 1. The third-order valence-corrected chi connectivity index (χ3v) is 7.47. The zero-order valence-electron chi connectivity index (χ0n) is 18.6. The molecule has 0 saturated heterocycles. The first kappa shape index (κ1) is 21.8. The largest absolute Gasteiger partial charge is 0.508 e. The minimum Gasteiger partial charge on any atom is -0.508 e. The van der Waals surface area contributed by atoms with Crippen LogP contribution in [0.3, 0.4) is 0 Å². The third-order valence-electron chi connectivity index (χ3n) is 6.16. The summed E-state index contributed by atoms with van der Waals surface area (Å²) in [6.45, 7) is 3.77. The molecule has 2 atom stereocenters. The summed E-state index contributed by atoms with van der Waals surface area (Å²) >= 11 is 1.68. The highest BCUT2D eigenvalue weighted by Gasteiger charge is 2.29. The van der Waals surface area contributed by atoms with Crippen molar-refractivity contribution in [2.24, 2.45) is 5.92 Å². The van der Waals surface area contributed by atoms with Crippen LogP contribution in [0.15, 0.2) is 42.5 Å². The first-order valence-electron chi connectivity index (χ1n) is 11.1. The van der Waals surface area contributed by atoms with Crippen LogP contribution in [0.25, 0.3) is 10.1 Å². The Hall–Kier alpha value is -2.37. The lowest BCUT2D eigenvalue weighted by molar-refractivity contribution is 0.103. The molecule has 0 bridgehead atoms. The van der Waals surface area contributed by atoms with Crippen LogP contribution in [-0.2, 0) is 0 Å². The van der Waals surface area contributed by atoms with E-state index in [9.17, 15) is 9.90 Å². The molecule has 0 amide bonds. The highest BCUT2D eigenvalue weighted by Crippen LogP contribution is 2.45. The van der Waals surface area contributed by atoms with Gasteiger partial charge in [0.2, 0.25) is 0 Å². The molecule has 4 rings (SSSR count). The summed E-state index contributed by atoms with van der Waals surface area (Å²) in [7, 11) is 4.03. The molecule has 0 radical (unpaired) electrons. The van der Waals surface area contributed by atoms with Crippen molar-refractivity contribution < 1.29 is 14.6 Å². The number of benzene rings is 2. The Labute approximate surface area is 188 Å². The van der Waals surface area contributed by atoms with Gasteiger partial charge in [-0.1, -0.05) is 19.8 Å². The number of phenols is 1. The van der Waals surface area contributed by atoms with Gasteiger partial charge < -0.3 is 14.7 Å². The van der Waals surface area contributed by atoms with Crippen LogP contribution in [0.4, 0.5) is 0 Å². The maximum Gasteiger partial charge on any atom is 0.194 e. The fraction of sp³-hybridized carbons (Fsp3) is 0.423. The molecule has 1 aliphatic carbocycles. The van der Waals surface area contributed by atoms with E-state index in [4.69, 9.17) is 4.74 Å². The lowest BCUT2D eigenvalue weighted by atomic mass is 9.80.